The number of aryl methyl sites for hydroxylation is 1. The second-order valence-electron chi connectivity index (χ2n) is 4.22. The minimum absolute atomic E-state index is 0.671. The third-order valence-electron chi connectivity index (χ3n) is 3.25. The average molecular weight is 225 g/mol. The molecule has 3 heteroatoms. The molecule has 0 aromatic carbocycles. The molecular formula is C12H19NOS. The van der Waals surface area contributed by atoms with Gasteiger partial charge in [0.2, 0.25) is 0 Å². The first-order valence-corrected chi connectivity index (χ1v) is 6.89. The van der Waals surface area contributed by atoms with Gasteiger partial charge in [-0.3, -0.25) is 0 Å². The lowest BCUT2D eigenvalue weighted by Gasteiger charge is -2.18. The minimum atomic E-state index is 0.671. The maximum atomic E-state index is 5.42. The molecule has 0 spiro atoms. The monoisotopic (exact) mass is 225 g/mol. The van der Waals surface area contributed by atoms with E-state index in [0.29, 0.717) is 6.04 Å². The largest absolute Gasteiger partial charge is 0.468 e. The van der Waals surface area contributed by atoms with Crippen molar-refractivity contribution in [2.75, 3.05) is 6.26 Å². The Kier molecular flexibility index (Phi) is 3.76. The molecule has 15 heavy (non-hydrogen) atoms. The van der Waals surface area contributed by atoms with E-state index in [1.54, 1.807) is 6.26 Å². The SMILES string of the molecule is CSC1CCCC1NCc1occc1C. The van der Waals surface area contributed by atoms with Gasteiger partial charge >= 0.3 is 0 Å². The number of hydrogen-bond donors (Lipinski definition) is 1. The molecule has 0 aliphatic heterocycles. The molecule has 0 bridgehead atoms. The van der Waals surface area contributed by atoms with E-state index in [2.05, 4.69) is 18.5 Å². The van der Waals surface area contributed by atoms with Crippen LogP contribution in [-0.4, -0.2) is 17.5 Å². The molecule has 2 nitrogen and oxygen atoms in total. The number of nitrogens with one attached hydrogen (secondary N) is 1. The van der Waals surface area contributed by atoms with Crippen LogP contribution in [0.15, 0.2) is 16.7 Å². The maximum Gasteiger partial charge on any atom is 0.120 e. The first-order valence-electron chi connectivity index (χ1n) is 5.60. The van der Waals surface area contributed by atoms with Gasteiger partial charge in [-0.2, -0.15) is 11.8 Å². The van der Waals surface area contributed by atoms with E-state index >= 15 is 0 Å². The molecule has 0 saturated heterocycles. The van der Waals surface area contributed by atoms with Crippen molar-refractivity contribution in [3.05, 3.63) is 23.7 Å². The molecule has 0 radical (unpaired) electrons. The normalized spacial score (nSPS) is 26.0. The fraction of sp³-hybridized carbons (Fsp3) is 0.667. The zero-order valence-electron chi connectivity index (χ0n) is 9.45. The summed E-state index contributed by atoms with van der Waals surface area (Å²) in [6.07, 6.45) is 8.01. The highest BCUT2D eigenvalue weighted by Crippen LogP contribution is 2.28. The second kappa shape index (κ2) is 5.08. The van der Waals surface area contributed by atoms with Crippen LogP contribution in [0.1, 0.15) is 30.6 Å². The van der Waals surface area contributed by atoms with Gasteiger partial charge < -0.3 is 9.73 Å². The van der Waals surface area contributed by atoms with Crippen LogP contribution in [-0.2, 0) is 6.54 Å². The highest BCUT2D eigenvalue weighted by atomic mass is 32.2. The summed E-state index contributed by atoms with van der Waals surface area (Å²) in [4.78, 5) is 0. The molecule has 2 unspecified atom stereocenters. The van der Waals surface area contributed by atoms with E-state index in [9.17, 15) is 0 Å². The topological polar surface area (TPSA) is 25.2 Å². The Morgan fingerprint density at radius 1 is 1.53 bits per heavy atom. The van der Waals surface area contributed by atoms with E-state index in [-0.39, 0.29) is 0 Å². The Balaban J connectivity index is 1.85. The molecule has 1 fully saturated rings. The van der Waals surface area contributed by atoms with Crippen molar-refractivity contribution in [3.8, 4) is 0 Å². The number of rotatable bonds is 4. The van der Waals surface area contributed by atoms with Crippen LogP contribution < -0.4 is 5.32 Å². The average Bonchev–Trinajstić information content (AvgIpc) is 2.83. The fourth-order valence-electron chi connectivity index (χ4n) is 2.25. The molecule has 1 aliphatic rings. The van der Waals surface area contributed by atoms with E-state index < -0.39 is 0 Å². The third-order valence-corrected chi connectivity index (χ3v) is 4.42. The van der Waals surface area contributed by atoms with Crippen LogP contribution in [0.25, 0.3) is 0 Å². The van der Waals surface area contributed by atoms with Crippen molar-refractivity contribution >= 4 is 11.8 Å². The Bertz CT molecular complexity index is 310. The van der Waals surface area contributed by atoms with Crippen LogP contribution >= 0.6 is 11.8 Å². The second-order valence-corrected chi connectivity index (χ2v) is 5.30. The van der Waals surface area contributed by atoms with Crippen LogP contribution in [0, 0.1) is 6.92 Å². The van der Waals surface area contributed by atoms with Gasteiger partial charge in [-0.15, -0.1) is 0 Å². The van der Waals surface area contributed by atoms with Gasteiger partial charge in [0.25, 0.3) is 0 Å². The van der Waals surface area contributed by atoms with E-state index in [1.807, 2.05) is 17.8 Å². The van der Waals surface area contributed by atoms with Crippen LogP contribution in [0.5, 0.6) is 0 Å². The van der Waals surface area contributed by atoms with E-state index in [4.69, 9.17) is 4.42 Å². The molecule has 1 heterocycles. The van der Waals surface area contributed by atoms with Crippen molar-refractivity contribution in [1.29, 1.82) is 0 Å². The van der Waals surface area contributed by atoms with Crippen molar-refractivity contribution in [1.82, 2.24) is 5.32 Å². The molecule has 84 valence electrons. The fourth-order valence-corrected chi connectivity index (χ4v) is 3.21. The predicted molar refractivity (Wildman–Crippen MR) is 65.2 cm³/mol. The summed E-state index contributed by atoms with van der Waals surface area (Å²) in [5.74, 6) is 1.08. The zero-order chi connectivity index (χ0) is 10.7. The van der Waals surface area contributed by atoms with Gasteiger partial charge in [0.15, 0.2) is 0 Å². The van der Waals surface area contributed by atoms with Crippen molar-refractivity contribution < 1.29 is 4.42 Å². The summed E-state index contributed by atoms with van der Waals surface area (Å²) in [7, 11) is 0. The molecule has 0 amide bonds. The molecule has 1 saturated carbocycles. The van der Waals surface area contributed by atoms with Crippen LogP contribution in [0.4, 0.5) is 0 Å². The lowest BCUT2D eigenvalue weighted by Crippen LogP contribution is -2.33. The molecule has 1 aliphatic carbocycles. The van der Waals surface area contributed by atoms with Gasteiger partial charge in [-0.1, -0.05) is 6.42 Å². The highest BCUT2D eigenvalue weighted by molar-refractivity contribution is 7.99. The van der Waals surface area contributed by atoms with Crippen molar-refractivity contribution in [2.24, 2.45) is 0 Å². The smallest absolute Gasteiger partial charge is 0.120 e. The molecule has 2 atom stereocenters. The van der Waals surface area contributed by atoms with Gasteiger partial charge in [0, 0.05) is 11.3 Å². The lowest BCUT2D eigenvalue weighted by molar-refractivity contribution is 0.447. The van der Waals surface area contributed by atoms with Gasteiger partial charge in [-0.25, -0.2) is 0 Å². The minimum Gasteiger partial charge on any atom is -0.468 e. The van der Waals surface area contributed by atoms with Crippen LogP contribution in [0.3, 0.4) is 0 Å². The number of hydrogen-bond acceptors (Lipinski definition) is 3. The van der Waals surface area contributed by atoms with Gasteiger partial charge in [-0.05, 0) is 37.7 Å². The Hall–Kier alpha value is -0.410. The lowest BCUT2D eigenvalue weighted by atomic mass is 10.2. The highest BCUT2D eigenvalue weighted by Gasteiger charge is 2.25. The van der Waals surface area contributed by atoms with Gasteiger partial charge in [0.05, 0.1) is 12.8 Å². The number of furan rings is 1. The molecule has 1 aromatic heterocycles. The first kappa shape index (κ1) is 11.1. The summed E-state index contributed by atoms with van der Waals surface area (Å²) in [5.41, 5.74) is 1.25. The first-order chi connectivity index (χ1) is 7.31. The quantitative estimate of drug-likeness (QED) is 0.853. The molecule has 1 N–H and O–H groups in total. The van der Waals surface area contributed by atoms with Gasteiger partial charge in [0.1, 0.15) is 5.76 Å². The Morgan fingerprint density at radius 2 is 2.40 bits per heavy atom. The zero-order valence-corrected chi connectivity index (χ0v) is 10.3. The molecule has 1 aromatic rings. The van der Waals surface area contributed by atoms with E-state index in [0.717, 1.165) is 17.6 Å². The summed E-state index contributed by atoms with van der Waals surface area (Å²) < 4.78 is 5.42. The molecule has 2 rings (SSSR count). The maximum absolute atomic E-state index is 5.42. The van der Waals surface area contributed by atoms with Crippen molar-refractivity contribution in [3.63, 3.8) is 0 Å². The van der Waals surface area contributed by atoms with Crippen molar-refractivity contribution in [2.45, 2.75) is 44.0 Å². The Labute approximate surface area is 95.8 Å². The number of thioether (sulfide) groups is 1. The standard InChI is InChI=1S/C12H19NOS/c1-9-6-7-14-11(9)8-13-10-4-3-5-12(10)15-2/h6-7,10,12-13H,3-5,8H2,1-2H3. The molecular weight excluding hydrogens is 206 g/mol. The predicted octanol–water partition coefficient (Wildman–Crippen LogP) is 2.96. The van der Waals surface area contributed by atoms with E-state index in [1.165, 1.54) is 24.8 Å². The summed E-state index contributed by atoms with van der Waals surface area (Å²) in [5, 5.41) is 4.40. The summed E-state index contributed by atoms with van der Waals surface area (Å²) >= 11 is 1.99. The van der Waals surface area contributed by atoms with Crippen LogP contribution in [0.2, 0.25) is 0 Å². The summed E-state index contributed by atoms with van der Waals surface area (Å²) in [6, 6.07) is 2.70. The summed E-state index contributed by atoms with van der Waals surface area (Å²) in [6.45, 7) is 2.97. The Morgan fingerprint density at radius 3 is 3.07 bits per heavy atom. The third kappa shape index (κ3) is 2.58.